The summed E-state index contributed by atoms with van der Waals surface area (Å²) in [5.41, 5.74) is 4.61. The van der Waals surface area contributed by atoms with Crippen molar-refractivity contribution in [1.82, 2.24) is 0 Å². The van der Waals surface area contributed by atoms with Crippen LogP contribution in [0.5, 0.6) is 0 Å². The second-order valence-corrected chi connectivity index (χ2v) is 5.15. The lowest BCUT2D eigenvalue weighted by atomic mass is 9.82. The molecule has 0 saturated heterocycles. The third kappa shape index (κ3) is 3.03. The molecule has 1 aliphatic rings. The Kier molecular flexibility index (Phi) is 4.04. The van der Waals surface area contributed by atoms with E-state index in [2.05, 4.69) is 0 Å². The van der Waals surface area contributed by atoms with E-state index >= 15 is 0 Å². The number of aliphatic hydroxyl groups excluding tert-OH is 1. The number of nitrogen functional groups attached to an aromatic ring is 1. The second-order valence-electron chi connectivity index (χ2n) is 5.15. The minimum atomic E-state index is -4.48. The summed E-state index contributed by atoms with van der Waals surface area (Å²) in [4.78, 5) is 0. The molecule has 2 nitrogen and oxygen atoms in total. The first-order valence-electron chi connectivity index (χ1n) is 6.55. The predicted octanol–water partition coefficient (Wildman–Crippen LogP) is 3.90. The van der Waals surface area contributed by atoms with Crippen molar-refractivity contribution in [2.45, 2.75) is 44.4 Å². The van der Waals surface area contributed by atoms with Gasteiger partial charge in [-0.2, -0.15) is 13.2 Å². The van der Waals surface area contributed by atoms with Crippen LogP contribution in [0.15, 0.2) is 18.2 Å². The van der Waals surface area contributed by atoms with Crippen LogP contribution in [0.4, 0.5) is 18.9 Å². The summed E-state index contributed by atoms with van der Waals surface area (Å²) < 4.78 is 38.3. The largest absolute Gasteiger partial charge is 0.418 e. The Labute approximate surface area is 110 Å². The summed E-state index contributed by atoms with van der Waals surface area (Å²) in [6, 6.07) is 3.75. The van der Waals surface area contributed by atoms with Crippen molar-refractivity contribution in [2.24, 2.45) is 5.92 Å². The molecule has 106 valence electrons. The van der Waals surface area contributed by atoms with Crippen molar-refractivity contribution in [3.05, 3.63) is 29.3 Å². The minimum absolute atomic E-state index is 0.0135. The number of alkyl halides is 3. The van der Waals surface area contributed by atoms with Gasteiger partial charge in [0.25, 0.3) is 0 Å². The highest BCUT2D eigenvalue weighted by Crippen LogP contribution is 2.41. The molecule has 1 aliphatic carbocycles. The van der Waals surface area contributed by atoms with Crippen LogP contribution in [0.25, 0.3) is 0 Å². The van der Waals surface area contributed by atoms with Crippen LogP contribution < -0.4 is 5.73 Å². The lowest BCUT2D eigenvalue weighted by Crippen LogP contribution is -2.19. The van der Waals surface area contributed by atoms with Gasteiger partial charge in [0.15, 0.2) is 0 Å². The topological polar surface area (TPSA) is 46.2 Å². The Balaban J connectivity index is 2.29. The molecule has 0 aromatic heterocycles. The number of rotatable bonds is 2. The summed E-state index contributed by atoms with van der Waals surface area (Å²) in [6.45, 7) is 0. The highest BCUT2D eigenvalue weighted by Gasteiger charge is 2.35. The molecule has 1 aromatic rings. The monoisotopic (exact) mass is 273 g/mol. The molecule has 1 fully saturated rings. The summed E-state index contributed by atoms with van der Waals surface area (Å²) in [5, 5.41) is 10.3. The van der Waals surface area contributed by atoms with Gasteiger partial charge in [-0.05, 0) is 24.8 Å². The molecule has 0 amide bonds. The van der Waals surface area contributed by atoms with Crippen molar-refractivity contribution >= 4 is 5.69 Å². The average molecular weight is 273 g/mol. The third-order valence-electron chi connectivity index (χ3n) is 3.86. The molecular weight excluding hydrogens is 255 g/mol. The first kappa shape index (κ1) is 14.2. The molecule has 3 N–H and O–H groups in total. The van der Waals surface area contributed by atoms with E-state index in [9.17, 15) is 18.3 Å². The second kappa shape index (κ2) is 5.41. The zero-order valence-electron chi connectivity index (χ0n) is 10.6. The molecule has 19 heavy (non-hydrogen) atoms. The van der Waals surface area contributed by atoms with Gasteiger partial charge in [0, 0.05) is 11.3 Å². The van der Waals surface area contributed by atoms with E-state index in [1.54, 1.807) is 0 Å². The highest BCUT2D eigenvalue weighted by molar-refractivity contribution is 5.56. The molecule has 0 spiro atoms. The fourth-order valence-corrected chi connectivity index (χ4v) is 2.79. The van der Waals surface area contributed by atoms with Crippen LogP contribution in [0.2, 0.25) is 0 Å². The van der Waals surface area contributed by atoms with Crippen LogP contribution in [0.3, 0.4) is 0 Å². The molecule has 2 rings (SSSR count). The minimum Gasteiger partial charge on any atom is -0.398 e. The van der Waals surface area contributed by atoms with Crippen LogP contribution in [0, 0.1) is 5.92 Å². The van der Waals surface area contributed by atoms with Gasteiger partial charge in [0.05, 0.1) is 11.7 Å². The lowest BCUT2D eigenvalue weighted by Gasteiger charge is -2.28. The van der Waals surface area contributed by atoms with Gasteiger partial charge < -0.3 is 10.8 Å². The Morgan fingerprint density at radius 2 is 1.79 bits per heavy atom. The average Bonchev–Trinajstić information content (AvgIpc) is 2.38. The standard InChI is InChI=1S/C14H18F3NO/c15-14(16,17)11-8-4-7-10(12(11)18)13(19)9-5-2-1-3-6-9/h4,7-9,13,19H,1-3,5-6,18H2. The van der Waals surface area contributed by atoms with Crippen LogP contribution in [0.1, 0.15) is 49.3 Å². The molecule has 5 heteroatoms. The number of halogens is 3. The predicted molar refractivity (Wildman–Crippen MR) is 67.4 cm³/mol. The van der Waals surface area contributed by atoms with E-state index in [1.807, 2.05) is 0 Å². The summed E-state index contributed by atoms with van der Waals surface area (Å²) in [5.74, 6) is 0.0135. The first-order chi connectivity index (χ1) is 8.91. The Hall–Kier alpha value is -1.23. The number of hydrogen-bond donors (Lipinski definition) is 2. The number of nitrogens with two attached hydrogens (primary N) is 1. The van der Waals surface area contributed by atoms with Gasteiger partial charge in [0.2, 0.25) is 0 Å². The Morgan fingerprint density at radius 3 is 2.37 bits per heavy atom. The van der Waals surface area contributed by atoms with E-state index in [0.29, 0.717) is 0 Å². The van der Waals surface area contributed by atoms with Gasteiger partial charge in [0.1, 0.15) is 0 Å². The Morgan fingerprint density at radius 1 is 1.16 bits per heavy atom. The third-order valence-corrected chi connectivity index (χ3v) is 3.86. The van der Waals surface area contributed by atoms with Gasteiger partial charge in [-0.3, -0.25) is 0 Å². The molecule has 0 aliphatic heterocycles. The maximum absolute atomic E-state index is 12.8. The SMILES string of the molecule is Nc1c(C(O)C2CCCCC2)cccc1C(F)(F)F. The Bertz CT molecular complexity index is 439. The van der Waals surface area contributed by atoms with Gasteiger partial charge in [-0.1, -0.05) is 31.4 Å². The maximum atomic E-state index is 12.8. The van der Waals surface area contributed by atoms with E-state index < -0.39 is 17.8 Å². The van der Waals surface area contributed by atoms with Crippen molar-refractivity contribution in [2.75, 3.05) is 5.73 Å². The maximum Gasteiger partial charge on any atom is 0.418 e. The fourth-order valence-electron chi connectivity index (χ4n) is 2.79. The van der Waals surface area contributed by atoms with Gasteiger partial charge >= 0.3 is 6.18 Å². The van der Waals surface area contributed by atoms with E-state index in [0.717, 1.165) is 38.2 Å². The van der Waals surface area contributed by atoms with E-state index in [4.69, 9.17) is 5.73 Å². The molecule has 1 saturated carbocycles. The zero-order chi connectivity index (χ0) is 14.0. The smallest absolute Gasteiger partial charge is 0.398 e. The molecule has 1 unspecified atom stereocenters. The van der Waals surface area contributed by atoms with E-state index in [1.165, 1.54) is 12.1 Å². The quantitative estimate of drug-likeness (QED) is 0.803. The number of hydrogen-bond acceptors (Lipinski definition) is 2. The van der Waals surface area contributed by atoms with Crippen LogP contribution >= 0.6 is 0 Å². The number of para-hydroxylation sites is 1. The van der Waals surface area contributed by atoms with Crippen molar-refractivity contribution in [3.8, 4) is 0 Å². The van der Waals surface area contributed by atoms with Crippen LogP contribution in [-0.2, 0) is 6.18 Å². The molecule has 0 radical (unpaired) electrons. The zero-order valence-corrected chi connectivity index (χ0v) is 10.6. The molecule has 0 bridgehead atoms. The summed E-state index contributed by atoms with van der Waals surface area (Å²) >= 11 is 0. The number of aliphatic hydroxyl groups is 1. The highest BCUT2D eigenvalue weighted by atomic mass is 19.4. The summed E-state index contributed by atoms with van der Waals surface area (Å²) in [6.07, 6.45) is -0.537. The lowest BCUT2D eigenvalue weighted by molar-refractivity contribution is -0.137. The number of anilines is 1. The van der Waals surface area contributed by atoms with Gasteiger partial charge in [-0.15, -0.1) is 0 Å². The van der Waals surface area contributed by atoms with E-state index in [-0.39, 0.29) is 17.2 Å². The van der Waals surface area contributed by atoms with Crippen molar-refractivity contribution < 1.29 is 18.3 Å². The molecule has 0 heterocycles. The van der Waals surface area contributed by atoms with Crippen molar-refractivity contribution in [3.63, 3.8) is 0 Å². The van der Waals surface area contributed by atoms with Crippen LogP contribution in [-0.4, -0.2) is 5.11 Å². The normalized spacial score (nSPS) is 19.4. The first-order valence-corrected chi connectivity index (χ1v) is 6.55. The fraction of sp³-hybridized carbons (Fsp3) is 0.571. The summed E-state index contributed by atoms with van der Waals surface area (Å²) in [7, 11) is 0. The van der Waals surface area contributed by atoms with Crippen molar-refractivity contribution in [1.29, 1.82) is 0 Å². The molecule has 1 aromatic carbocycles. The molecular formula is C14H18F3NO. The van der Waals surface area contributed by atoms with Gasteiger partial charge in [-0.25, -0.2) is 0 Å². The number of benzene rings is 1. The molecule has 1 atom stereocenters.